The second kappa shape index (κ2) is 6.62. The van der Waals surface area contributed by atoms with Crippen LogP contribution in [-0.2, 0) is 16.0 Å². The Kier molecular flexibility index (Phi) is 5.06. The highest BCUT2D eigenvalue weighted by atomic mass is 16.5. The Balaban J connectivity index is 2.58. The quantitative estimate of drug-likeness (QED) is 0.540. The van der Waals surface area contributed by atoms with E-state index >= 15 is 0 Å². The van der Waals surface area contributed by atoms with E-state index in [2.05, 4.69) is 13.2 Å². The largest absolute Gasteiger partial charge is 0.461 e. The molecular weight excluding hydrogens is 200 g/mol. The van der Waals surface area contributed by atoms with Gasteiger partial charge in [0.15, 0.2) is 0 Å². The van der Waals surface area contributed by atoms with Crippen LogP contribution >= 0.6 is 0 Å². The molecule has 1 atom stereocenters. The fraction of sp³-hybridized carbons (Fsp3) is 0.214. The van der Waals surface area contributed by atoms with Gasteiger partial charge < -0.3 is 4.74 Å². The molecule has 2 heteroatoms. The highest BCUT2D eigenvalue weighted by Gasteiger charge is 2.16. The summed E-state index contributed by atoms with van der Waals surface area (Å²) in [4.78, 5) is 11.6. The summed E-state index contributed by atoms with van der Waals surface area (Å²) in [7, 11) is 0. The van der Waals surface area contributed by atoms with Crippen molar-refractivity contribution >= 4 is 5.97 Å². The highest BCUT2D eigenvalue weighted by molar-refractivity contribution is 5.74. The van der Waals surface area contributed by atoms with Gasteiger partial charge in [-0.2, -0.15) is 0 Å². The molecule has 1 unspecified atom stereocenters. The first kappa shape index (κ1) is 12.2. The Morgan fingerprint density at radius 3 is 2.56 bits per heavy atom. The number of rotatable bonds is 6. The van der Waals surface area contributed by atoms with E-state index in [1.54, 1.807) is 12.2 Å². The lowest BCUT2D eigenvalue weighted by atomic mass is 10.00. The summed E-state index contributed by atoms with van der Waals surface area (Å²) in [5.41, 5.74) is 1.10. The third kappa shape index (κ3) is 3.73. The molecular formula is C14H16O2. The predicted octanol–water partition coefficient (Wildman–Crippen LogP) is 2.76. The third-order valence-corrected chi connectivity index (χ3v) is 2.23. The van der Waals surface area contributed by atoms with Crippen molar-refractivity contribution in [2.24, 2.45) is 5.92 Å². The number of esters is 1. The molecule has 0 saturated heterocycles. The molecule has 0 aromatic heterocycles. The molecule has 2 nitrogen and oxygen atoms in total. The first-order chi connectivity index (χ1) is 7.77. The summed E-state index contributed by atoms with van der Waals surface area (Å²) in [6, 6.07) is 9.81. The van der Waals surface area contributed by atoms with E-state index in [9.17, 15) is 4.79 Å². The van der Waals surface area contributed by atoms with E-state index in [0.717, 1.165) is 5.56 Å². The minimum absolute atomic E-state index is 0.248. The Hall–Kier alpha value is -1.83. The van der Waals surface area contributed by atoms with Gasteiger partial charge in [0.05, 0.1) is 5.92 Å². The van der Waals surface area contributed by atoms with Crippen LogP contribution < -0.4 is 0 Å². The number of carbonyl (C=O) groups excluding carboxylic acids is 1. The van der Waals surface area contributed by atoms with Gasteiger partial charge in [0.1, 0.15) is 6.61 Å². The maximum absolute atomic E-state index is 11.6. The number of hydrogen-bond donors (Lipinski definition) is 0. The number of hydrogen-bond acceptors (Lipinski definition) is 2. The monoisotopic (exact) mass is 216 g/mol. The van der Waals surface area contributed by atoms with Gasteiger partial charge >= 0.3 is 5.97 Å². The van der Waals surface area contributed by atoms with Crippen molar-refractivity contribution in [3.63, 3.8) is 0 Å². The van der Waals surface area contributed by atoms with Gasteiger partial charge in [-0.15, -0.1) is 6.58 Å². The summed E-state index contributed by atoms with van der Waals surface area (Å²) in [6.07, 6.45) is 3.80. The zero-order chi connectivity index (χ0) is 11.8. The van der Waals surface area contributed by atoms with Crippen molar-refractivity contribution in [2.75, 3.05) is 6.61 Å². The van der Waals surface area contributed by atoms with E-state index in [-0.39, 0.29) is 18.5 Å². The molecule has 0 bridgehead atoms. The molecule has 0 saturated carbocycles. The molecule has 16 heavy (non-hydrogen) atoms. The summed E-state index contributed by atoms with van der Waals surface area (Å²) < 4.78 is 4.99. The van der Waals surface area contributed by atoms with Crippen LogP contribution in [0.1, 0.15) is 5.56 Å². The van der Waals surface area contributed by atoms with Crippen LogP contribution in [0.3, 0.4) is 0 Å². The van der Waals surface area contributed by atoms with Gasteiger partial charge in [-0.3, -0.25) is 4.79 Å². The minimum Gasteiger partial charge on any atom is -0.461 e. The van der Waals surface area contributed by atoms with Crippen molar-refractivity contribution < 1.29 is 9.53 Å². The minimum atomic E-state index is -0.289. The molecule has 84 valence electrons. The summed E-state index contributed by atoms with van der Waals surface area (Å²) in [5.74, 6) is -0.541. The zero-order valence-corrected chi connectivity index (χ0v) is 9.26. The van der Waals surface area contributed by atoms with Crippen molar-refractivity contribution in [1.82, 2.24) is 0 Å². The molecule has 0 heterocycles. The Morgan fingerprint density at radius 1 is 1.31 bits per heavy atom. The molecule has 1 aromatic rings. The normalized spacial score (nSPS) is 11.5. The molecule has 0 fully saturated rings. The lowest BCUT2D eigenvalue weighted by Crippen LogP contribution is -2.18. The fourth-order valence-electron chi connectivity index (χ4n) is 1.38. The zero-order valence-electron chi connectivity index (χ0n) is 9.26. The molecule has 0 aliphatic heterocycles. The number of carbonyl (C=O) groups is 1. The third-order valence-electron chi connectivity index (χ3n) is 2.23. The van der Waals surface area contributed by atoms with Crippen molar-refractivity contribution in [3.05, 3.63) is 61.2 Å². The fourth-order valence-corrected chi connectivity index (χ4v) is 1.38. The van der Waals surface area contributed by atoms with Crippen molar-refractivity contribution in [3.8, 4) is 0 Å². The number of ether oxygens (including phenoxy) is 1. The van der Waals surface area contributed by atoms with Gasteiger partial charge in [0.25, 0.3) is 0 Å². The molecule has 0 amide bonds. The lowest BCUT2D eigenvalue weighted by molar-refractivity contribution is -0.145. The Labute approximate surface area is 96.2 Å². The van der Waals surface area contributed by atoms with Crippen LogP contribution in [0.2, 0.25) is 0 Å². The SMILES string of the molecule is C=CCOC(=O)C(C=C)Cc1ccccc1. The lowest BCUT2D eigenvalue weighted by Gasteiger charge is -2.11. The van der Waals surface area contributed by atoms with Gasteiger partial charge in [0.2, 0.25) is 0 Å². The van der Waals surface area contributed by atoms with E-state index in [4.69, 9.17) is 4.74 Å². The first-order valence-electron chi connectivity index (χ1n) is 5.22. The highest BCUT2D eigenvalue weighted by Crippen LogP contribution is 2.11. The van der Waals surface area contributed by atoms with Gasteiger partial charge in [-0.05, 0) is 12.0 Å². The topological polar surface area (TPSA) is 26.3 Å². The molecule has 0 radical (unpaired) electrons. The smallest absolute Gasteiger partial charge is 0.313 e. The van der Waals surface area contributed by atoms with E-state index in [0.29, 0.717) is 6.42 Å². The van der Waals surface area contributed by atoms with Crippen LogP contribution in [0.15, 0.2) is 55.6 Å². The average Bonchev–Trinajstić information content (AvgIpc) is 2.34. The van der Waals surface area contributed by atoms with Crippen LogP contribution in [-0.4, -0.2) is 12.6 Å². The van der Waals surface area contributed by atoms with E-state index in [1.807, 2.05) is 30.3 Å². The van der Waals surface area contributed by atoms with Gasteiger partial charge in [-0.1, -0.05) is 49.1 Å². The van der Waals surface area contributed by atoms with Crippen LogP contribution in [0.25, 0.3) is 0 Å². The Bertz CT molecular complexity index is 354. The number of benzene rings is 1. The maximum Gasteiger partial charge on any atom is 0.313 e. The van der Waals surface area contributed by atoms with E-state index < -0.39 is 0 Å². The average molecular weight is 216 g/mol. The predicted molar refractivity (Wildman–Crippen MR) is 65.0 cm³/mol. The van der Waals surface area contributed by atoms with Crippen molar-refractivity contribution in [2.45, 2.75) is 6.42 Å². The van der Waals surface area contributed by atoms with Gasteiger partial charge in [-0.25, -0.2) is 0 Å². The van der Waals surface area contributed by atoms with Crippen molar-refractivity contribution in [1.29, 1.82) is 0 Å². The van der Waals surface area contributed by atoms with E-state index in [1.165, 1.54) is 0 Å². The van der Waals surface area contributed by atoms with Crippen LogP contribution in [0.5, 0.6) is 0 Å². The maximum atomic E-state index is 11.6. The second-order valence-corrected chi connectivity index (χ2v) is 3.45. The summed E-state index contributed by atoms with van der Waals surface area (Å²) >= 11 is 0. The molecule has 0 aliphatic rings. The molecule has 0 aliphatic carbocycles. The van der Waals surface area contributed by atoms with Crippen LogP contribution in [0, 0.1) is 5.92 Å². The van der Waals surface area contributed by atoms with Crippen LogP contribution in [0.4, 0.5) is 0 Å². The standard InChI is InChI=1S/C14H16O2/c1-3-10-16-14(15)13(4-2)11-12-8-6-5-7-9-12/h3-9,13H,1-2,10-11H2. The second-order valence-electron chi connectivity index (χ2n) is 3.45. The Morgan fingerprint density at radius 2 is 2.00 bits per heavy atom. The molecule has 1 aromatic carbocycles. The summed E-state index contributed by atoms with van der Waals surface area (Å²) in [5, 5.41) is 0. The molecule has 1 rings (SSSR count). The molecule has 0 spiro atoms. The first-order valence-corrected chi connectivity index (χ1v) is 5.22. The molecule has 0 N–H and O–H groups in total. The summed E-state index contributed by atoms with van der Waals surface area (Å²) in [6.45, 7) is 7.41. The van der Waals surface area contributed by atoms with Gasteiger partial charge in [0, 0.05) is 0 Å².